The van der Waals surface area contributed by atoms with Gasteiger partial charge in [-0.15, -0.1) is 0 Å². The van der Waals surface area contributed by atoms with Gasteiger partial charge in [0.2, 0.25) is 15.9 Å². The first-order valence-electron chi connectivity index (χ1n) is 8.73. The summed E-state index contributed by atoms with van der Waals surface area (Å²) >= 11 is 0. The van der Waals surface area contributed by atoms with Crippen LogP contribution >= 0.6 is 0 Å². The number of hydrogen-bond acceptors (Lipinski definition) is 4. The van der Waals surface area contributed by atoms with Crippen LogP contribution in [0.1, 0.15) is 32.6 Å². The number of carbonyl (C=O) groups excluding carboxylic acids is 1. The van der Waals surface area contributed by atoms with Gasteiger partial charge in [0, 0.05) is 6.04 Å². The van der Waals surface area contributed by atoms with Gasteiger partial charge in [0.05, 0.1) is 19.1 Å². The quantitative estimate of drug-likeness (QED) is 0.837. The van der Waals surface area contributed by atoms with Crippen LogP contribution in [0.4, 0.5) is 5.69 Å². The topological polar surface area (TPSA) is 75.7 Å². The van der Waals surface area contributed by atoms with Crippen molar-refractivity contribution in [2.45, 2.75) is 44.7 Å². The molecule has 0 radical (unpaired) electrons. The van der Waals surface area contributed by atoms with E-state index in [0.29, 0.717) is 17.4 Å². The number of benzene rings is 1. The minimum absolute atomic E-state index is 0.186. The van der Waals surface area contributed by atoms with E-state index in [1.54, 1.807) is 38.3 Å². The van der Waals surface area contributed by atoms with Gasteiger partial charge in [-0.3, -0.25) is 9.10 Å². The SMILES string of the molecule is COc1ccc(N([C@H](C)C(=O)N[C@H]2C[C@@H]3CC[C@@H]2C3)S(C)(=O)=O)cc1. The van der Waals surface area contributed by atoms with Crippen molar-refractivity contribution < 1.29 is 17.9 Å². The third-order valence-electron chi connectivity index (χ3n) is 5.48. The highest BCUT2D eigenvalue weighted by Crippen LogP contribution is 2.44. The third-order valence-corrected chi connectivity index (χ3v) is 6.72. The first-order chi connectivity index (χ1) is 11.8. The smallest absolute Gasteiger partial charge is 0.243 e. The average Bonchev–Trinajstić information content (AvgIpc) is 3.17. The van der Waals surface area contributed by atoms with Crippen molar-refractivity contribution in [2.24, 2.45) is 11.8 Å². The second-order valence-electron chi connectivity index (χ2n) is 7.22. The highest BCUT2D eigenvalue weighted by Gasteiger charge is 2.41. The summed E-state index contributed by atoms with van der Waals surface area (Å²) in [7, 11) is -2.04. The summed E-state index contributed by atoms with van der Waals surface area (Å²) < 4.78 is 30.9. The molecule has 4 atom stereocenters. The lowest BCUT2D eigenvalue weighted by molar-refractivity contribution is -0.122. The zero-order valence-electron chi connectivity index (χ0n) is 14.9. The Morgan fingerprint density at radius 2 is 1.92 bits per heavy atom. The lowest BCUT2D eigenvalue weighted by Gasteiger charge is -2.31. The molecule has 1 aromatic carbocycles. The van der Waals surface area contributed by atoms with E-state index < -0.39 is 16.1 Å². The molecule has 7 heteroatoms. The zero-order valence-corrected chi connectivity index (χ0v) is 15.8. The van der Waals surface area contributed by atoms with E-state index in [4.69, 9.17) is 4.74 Å². The summed E-state index contributed by atoms with van der Waals surface area (Å²) in [6.07, 6.45) is 5.75. The molecule has 138 valence electrons. The van der Waals surface area contributed by atoms with E-state index >= 15 is 0 Å². The molecule has 0 aromatic heterocycles. The van der Waals surface area contributed by atoms with Gasteiger partial charge in [0.1, 0.15) is 11.8 Å². The highest BCUT2D eigenvalue weighted by atomic mass is 32.2. The molecule has 1 N–H and O–H groups in total. The van der Waals surface area contributed by atoms with Crippen LogP contribution in [0.5, 0.6) is 5.75 Å². The zero-order chi connectivity index (χ0) is 18.2. The molecule has 6 nitrogen and oxygen atoms in total. The number of rotatable bonds is 6. The van der Waals surface area contributed by atoms with Crippen molar-refractivity contribution in [3.8, 4) is 5.75 Å². The monoisotopic (exact) mass is 366 g/mol. The maximum atomic E-state index is 12.7. The second-order valence-corrected chi connectivity index (χ2v) is 9.08. The Kier molecular flexibility index (Phi) is 4.95. The minimum atomic E-state index is -3.59. The Morgan fingerprint density at radius 3 is 2.40 bits per heavy atom. The van der Waals surface area contributed by atoms with Gasteiger partial charge < -0.3 is 10.1 Å². The van der Waals surface area contributed by atoms with Gasteiger partial charge in [-0.1, -0.05) is 6.42 Å². The summed E-state index contributed by atoms with van der Waals surface area (Å²) in [6, 6.07) is 6.07. The Bertz CT molecular complexity index is 732. The van der Waals surface area contributed by atoms with Crippen molar-refractivity contribution in [2.75, 3.05) is 17.7 Å². The fourth-order valence-electron chi connectivity index (χ4n) is 4.26. The summed E-state index contributed by atoms with van der Waals surface area (Å²) in [5, 5.41) is 3.09. The number of carbonyl (C=O) groups is 1. The Morgan fingerprint density at radius 1 is 1.24 bits per heavy atom. The van der Waals surface area contributed by atoms with E-state index in [9.17, 15) is 13.2 Å². The standard InChI is InChI=1S/C18H26N2O4S/c1-12(18(21)19-17-11-13-4-5-14(17)10-13)20(25(3,22)23)15-6-8-16(24-2)9-7-15/h6-9,12-14,17H,4-5,10-11H2,1-3H3,(H,19,21)/t12-,13-,14-,17+/m1/s1. The number of anilines is 1. The normalized spacial score (nSPS) is 26.3. The Balaban J connectivity index is 1.76. The number of fused-ring (bicyclic) bond motifs is 2. The molecule has 2 aliphatic rings. The van der Waals surface area contributed by atoms with Crippen LogP contribution < -0.4 is 14.4 Å². The third kappa shape index (κ3) is 3.76. The van der Waals surface area contributed by atoms with E-state index in [0.717, 1.165) is 25.0 Å². The molecule has 1 aromatic rings. The van der Waals surface area contributed by atoms with Gasteiger partial charge in [-0.25, -0.2) is 8.42 Å². The van der Waals surface area contributed by atoms with Crippen molar-refractivity contribution in [1.82, 2.24) is 5.32 Å². The number of methoxy groups -OCH3 is 1. The van der Waals surface area contributed by atoms with Gasteiger partial charge in [-0.05, 0) is 62.3 Å². The number of nitrogens with one attached hydrogen (secondary N) is 1. The maximum absolute atomic E-state index is 12.7. The maximum Gasteiger partial charge on any atom is 0.243 e. The second kappa shape index (κ2) is 6.86. The van der Waals surface area contributed by atoms with Gasteiger partial charge in [-0.2, -0.15) is 0 Å². The predicted molar refractivity (Wildman–Crippen MR) is 97.2 cm³/mol. The number of nitrogens with zero attached hydrogens (tertiary/aromatic N) is 1. The number of sulfonamides is 1. The largest absolute Gasteiger partial charge is 0.497 e. The van der Waals surface area contributed by atoms with Crippen LogP contribution in [0, 0.1) is 11.8 Å². The van der Waals surface area contributed by atoms with Crippen LogP contribution in [0.15, 0.2) is 24.3 Å². The molecule has 25 heavy (non-hydrogen) atoms. The van der Waals surface area contributed by atoms with E-state index in [1.165, 1.54) is 17.1 Å². The van der Waals surface area contributed by atoms with Gasteiger partial charge >= 0.3 is 0 Å². The van der Waals surface area contributed by atoms with Crippen LogP contribution in [0.3, 0.4) is 0 Å². The molecule has 2 fully saturated rings. The molecule has 2 bridgehead atoms. The van der Waals surface area contributed by atoms with Gasteiger partial charge in [0.15, 0.2) is 0 Å². The lowest BCUT2D eigenvalue weighted by Crippen LogP contribution is -2.51. The van der Waals surface area contributed by atoms with E-state index in [2.05, 4.69) is 5.32 Å². The molecule has 0 saturated heterocycles. The van der Waals surface area contributed by atoms with Crippen molar-refractivity contribution in [3.05, 3.63) is 24.3 Å². The summed E-state index contributed by atoms with van der Waals surface area (Å²) in [6.45, 7) is 1.63. The summed E-state index contributed by atoms with van der Waals surface area (Å²) in [4.78, 5) is 12.7. The van der Waals surface area contributed by atoms with Crippen molar-refractivity contribution in [3.63, 3.8) is 0 Å². The van der Waals surface area contributed by atoms with Crippen LogP contribution in [0.2, 0.25) is 0 Å². The molecule has 0 unspecified atom stereocenters. The van der Waals surface area contributed by atoms with Crippen LogP contribution in [0.25, 0.3) is 0 Å². The van der Waals surface area contributed by atoms with Gasteiger partial charge in [0.25, 0.3) is 0 Å². The number of ether oxygens (including phenoxy) is 1. The molecular formula is C18H26N2O4S. The fourth-order valence-corrected chi connectivity index (χ4v) is 5.44. The van der Waals surface area contributed by atoms with Crippen LogP contribution in [-0.2, 0) is 14.8 Å². The van der Waals surface area contributed by atoms with E-state index in [1.807, 2.05) is 0 Å². The molecule has 2 saturated carbocycles. The van der Waals surface area contributed by atoms with Crippen LogP contribution in [-0.4, -0.2) is 39.8 Å². The summed E-state index contributed by atoms with van der Waals surface area (Å²) in [5.41, 5.74) is 0.457. The highest BCUT2D eigenvalue weighted by molar-refractivity contribution is 7.92. The number of hydrogen-bond donors (Lipinski definition) is 1. The Labute approximate surface area is 149 Å². The molecule has 0 spiro atoms. The van der Waals surface area contributed by atoms with E-state index in [-0.39, 0.29) is 11.9 Å². The molecular weight excluding hydrogens is 340 g/mol. The molecule has 0 heterocycles. The van der Waals surface area contributed by atoms with Crippen molar-refractivity contribution in [1.29, 1.82) is 0 Å². The molecule has 3 rings (SSSR count). The molecule has 0 aliphatic heterocycles. The molecule has 1 amide bonds. The summed E-state index contributed by atoms with van der Waals surface area (Å²) in [5.74, 6) is 1.67. The predicted octanol–water partition coefficient (Wildman–Crippen LogP) is 2.15. The minimum Gasteiger partial charge on any atom is -0.497 e. The average molecular weight is 366 g/mol. The fraction of sp³-hybridized carbons (Fsp3) is 0.611. The van der Waals surface area contributed by atoms with Crippen molar-refractivity contribution >= 4 is 21.6 Å². The first-order valence-corrected chi connectivity index (χ1v) is 10.6. The lowest BCUT2D eigenvalue weighted by atomic mass is 9.95. The number of amides is 1. The Hall–Kier alpha value is -1.76. The molecule has 2 aliphatic carbocycles. The first kappa shape index (κ1) is 18.0.